The van der Waals surface area contributed by atoms with Crippen molar-refractivity contribution < 1.29 is 18.8 Å². The predicted molar refractivity (Wildman–Crippen MR) is 83.5 cm³/mol. The van der Waals surface area contributed by atoms with E-state index in [-0.39, 0.29) is 25.3 Å². The largest absolute Gasteiger partial charge is 0.444 e. The summed E-state index contributed by atoms with van der Waals surface area (Å²) in [5, 5.41) is 7.28. The van der Waals surface area contributed by atoms with Gasteiger partial charge in [0.2, 0.25) is 11.8 Å². The average molecular weight is 328 g/mol. The zero-order chi connectivity index (χ0) is 16.9. The lowest BCUT2D eigenvalue weighted by molar-refractivity contribution is -0.122. The molecular weight excluding hydrogens is 312 g/mol. The molecule has 3 N–H and O–H groups in total. The first-order chi connectivity index (χ1) is 11.6. The molecule has 1 aromatic carbocycles. The molecule has 3 rings (SSSR count). The van der Waals surface area contributed by atoms with Crippen molar-refractivity contribution in [1.82, 2.24) is 20.9 Å². The summed E-state index contributed by atoms with van der Waals surface area (Å²) in [7, 11) is 0. The maximum Gasteiger partial charge on any atom is 0.322 e. The second-order valence-corrected chi connectivity index (χ2v) is 5.34. The standard InChI is InChI=1S/C16H16N4O4/c21-13(7-6-12-14(22)20-16(23)19-12)17-8-11-9-24-15(18-11)10-4-2-1-3-5-10/h1-5,9,12H,6-8H2,(H,17,21)(H2,19,20,22,23)/t12-/m0/s1. The van der Waals surface area contributed by atoms with Gasteiger partial charge in [0.25, 0.3) is 5.91 Å². The van der Waals surface area contributed by atoms with Crippen LogP contribution < -0.4 is 16.0 Å². The first-order valence-electron chi connectivity index (χ1n) is 7.50. The summed E-state index contributed by atoms with van der Waals surface area (Å²) in [6.07, 6.45) is 1.87. The van der Waals surface area contributed by atoms with Gasteiger partial charge in [0.1, 0.15) is 12.3 Å². The van der Waals surface area contributed by atoms with Crippen LogP contribution in [0.15, 0.2) is 41.0 Å². The molecule has 1 atom stereocenters. The summed E-state index contributed by atoms with van der Waals surface area (Å²) >= 11 is 0. The number of hydrogen-bond acceptors (Lipinski definition) is 5. The van der Waals surface area contributed by atoms with E-state index >= 15 is 0 Å². The number of rotatable bonds is 6. The number of urea groups is 1. The Morgan fingerprint density at radius 3 is 2.75 bits per heavy atom. The Hall–Kier alpha value is -3.16. The van der Waals surface area contributed by atoms with E-state index in [4.69, 9.17) is 4.42 Å². The van der Waals surface area contributed by atoms with Crippen LogP contribution in [-0.2, 0) is 16.1 Å². The molecule has 2 aromatic rings. The summed E-state index contributed by atoms with van der Waals surface area (Å²) in [6.45, 7) is 0.235. The zero-order valence-corrected chi connectivity index (χ0v) is 12.7. The third-order valence-corrected chi connectivity index (χ3v) is 3.56. The van der Waals surface area contributed by atoms with Crippen LogP contribution in [-0.4, -0.2) is 28.9 Å². The van der Waals surface area contributed by atoms with E-state index in [1.807, 2.05) is 30.3 Å². The molecule has 8 heteroatoms. The topological polar surface area (TPSA) is 113 Å². The van der Waals surface area contributed by atoms with Crippen molar-refractivity contribution in [3.05, 3.63) is 42.3 Å². The quantitative estimate of drug-likeness (QED) is 0.683. The second-order valence-electron chi connectivity index (χ2n) is 5.34. The van der Waals surface area contributed by atoms with E-state index in [1.165, 1.54) is 6.26 Å². The van der Waals surface area contributed by atoms with Crippen molar-refractivity contribution in [3.63, 3.8) is 0 Å². The molecule has 1 aromatic heterocycles. The van der Waals surface area contributed by atoms with E-state index in [2.05, 4.69) is 20.9 Å². The minimum Gasteiger partial charge on any atom is -0.444 e. The average Bonchev–Trinajstić information content (AvgIpc) is 3.18. The van der Waals surface area contributed by atoms with Crippen LogP contribution >= 0.6 is 0 Å². The Morgan fingerprint density at radius 1 is 1.25 bits per heavy atom. The molecule has 1 aliphatic heterocycles. The van der Waals surface area contributed by atoms with Gasteiger partial charge in [-0.3, -0.25) is 14.9 Å². The predicted octanol–water partition coefficient (Wildman–Crippen LogP) is 0.946. The van der Waals surface area contributed by atoms with Crippen molar-refractivity contribution in [3.8, 4) is 11.5 Å². The summed E-state index contributed by atoms with van der Waals surface area (Å²) in [5.41, 5.74) is 1.46. The number of carbonyl (C=O) groups is 3. The van der Waals surface area contributed by atoms with Crippen LogP contribution in [0, 0.1) is 0 Å². The number of oxazole rings is 1. The highest BCUT2D eigenvalue weighted by Gasteiger charge is 2.29. The normalized spacial score (nSPS) is 16.6. The van der Waals surface area contributed by atoms with Gasteiger partial charge in [-0.05, 0) is 18.6 Å². The maximum atomic E-state index is 11.8. The molecule has 124 valence electrons. The van der Waals surface area contributed by atoms with Gasteiger partial charge in [-0.15, -0.1) is 0 Å². The fraction of sp³-hybridized carbons (Fsp3) is 0.250. The molecule has 1 saturated heterocycles. The fourth-order valence-electron chi connectivity index (χ4n) is 2.32. The van der Waals surface area contributed by atoms with E-state index in [9.17, 15) is 14.4 Å². The minimum atomic E-state index is -0.653. The number of amides is 4. The van der Waals surface area contributed by atoms with Crippen LogP contribution in [0.4, 0.5) is 4.79 Å². The lowest BCUT2D eigenvalue weighted by atomic mass is 10.1. The Balaban J connectivity index is 1.46. The number of aromatic nitrogens is 1. The van der Waals surface area contributed by atoms with Gasteiger partial charge in [-0.2, -0.15) is 0 Å². The first-order valence-corrected chi connectivity index (χ1v) is 7.50. The monoisotopic (exact) mass is 328 g/mol. The molecule has 0 unspecified atom stereocenters. The highest BCUT2D eigenvalue weighted by molar-refractivity contribution is 6.04. The molecule has 0 spiro atoms. The molecule has 24 heavy (non-hydrogen) atoms. The van der Waals surface area contributed by atoms with Gasteiger partial charge in [-0.25, -0.2) is 9.78 Å². The minimum absolute atomic E-state index is 0.127. The Bertz CT molecular complexity index is 756. The summed E-state index contributed by atoms with van der Waals surface area (Å²) in [4.78, 5) is 38.5. The summed E-state index contributed by atoms with van der Waals surface area (Å²) < 4.78 is 5.39. The van der Waals surface area contributed by atoms with Crippen molar-refractivity contribution >= 4 is 17.8 Å². The van der Waals surface area contributed by atoms with E-state index in [0.29, 0.717) is 11.6 Å². The van der Waals surface area contributed by atoms with Gasteiger partial charge in [0, 0.05) is 12.0 Å². The molecular formula is C16H16N4O4. The SMILES string of the molecule is O=C(CC[C@@H]1NC(=O)NC1=O)NCc1coc(-c2ccccc2)n1. The molecule has 0 aliphatic carbocycles. The van der Waals surface area contributed by atoms with Gasteiger partial charge in [0.05, 0.1) is 12.2 Å². The lowest BCUT2D eigenvalue weighted by Crippen LogP contribution is -2.31. The van der Waals surface area contributed by atoms with Crippen molar-refractivity contribution in [2.45, 2.75) is 25.4 Å². The number of imide groups is 1. The van der Waals surface area contributed by atoms with Crippen molar-refractivity contribution in [2.24, 2.45) is 0 Å². The zero-order valence-electron chi connectivity index (χ0n) is 12.7. The molecule has 0 radical (unpaired) electrons. The van der Waals surface area contributed by atoms with Crippen molar-refractivity contribution in [1.29, 1.82) is 0 Å². The van der Waals surface area contributed by atoms with Gasteiger partial charge < -0.3 is 15.1 Å². The van der Waals surface area contributed by atoms with Gasteiger partial charge in [-0.1, -0.05) is 18.2 Å². The van der Waals surface area contributed by atoms with E-state index < -0.39 is 18.0 Å². The lowest BCUT2D eigenvalue weighted by Gasteiger charge is -2.06. The maximum absolute atomic E-state index is 11.8. The van der Waals surface area contributed by atoms with Crippen LogP contribution in [0.25, 0.3) is 11.5 Å². The molecule has 1 fully saturated rings. The Labute approximate surface area is 137 Å². The van der Waals surface area contributed by atoms with Crippen LogP contribution in [0.2, 0.25) is 0 Å². The smallest absolute Gasteiger partial charge is 0.322 e. The summed E-state index contributed by atoms with van der Waals surface area (Å²) in [6, 6.07) is 8.27. The number of nitrogens with zero attached hydrogens (tertiary/aromatic N) is 1. The molecule has 8 nitrogen and oxygen atoms in total. The number of nitrogens with one attached hydrogen (secondary N) is 3. The Morgan fingerprint density at radius 2 is 2.04 bits per heavy atom. The molecule has 1 aliphatic rings. The fourth-order valence-corrected chi connectivity index (χ4v) is 2.32. The van der Waals surface area contributed by atoms with Crippen LogP contribution in [0.3, 0.4) is 0 Å². The highest BCUT2D eigenvalue weighted by Crippen LogP contribution is 2.17. The molecule has 2 heterocycles. The highest BCUT2D eigenvalue weighted by atomic mass is 16.3. The van der Waals surface area contributed by atoms with E-state index in [0.717, 1.165) is 5.56 Å². The Kier molecular flexibility index (Phi) is 4.55. The number of benzene rings is 1. The second kappa shape index (κ2) is 6.95. The number of hydrogen-bond donors (Lipinski definition) is 3. The third-order valence-electron chi connectivity index (χ3n) is 3.56. The van der Waals surface area contributed by atoms with Gasteiger partial charge >= 0.3 is 6.03 Å². The molecule has 0 bridgehead atoms. The van der Waals surface area contributed by atoms with Crippen molar-refractivity contribution in [2.75, 3.05) is 0 Å². The molecule has 4 amide bonds. The van der Waals surface area contributed by atoms with E-state index in [1.54, 1.807) is 0 Å². The third kappa shape index (κ3) is 3.78. The van der Waals surface area contributed by atoms with Crippen LogP contribution in [0.5, 0.6) is 0 Å². The molecule has 0 saturated carbocycles. The van der Waals surface area contributed by atoms with Crippen LogP contribution in [0.1, 0.15) is 18.5 Å². The first kappa shape index (κ1) is 15.7. The number of carbonyl (C=O) groups excluding carboxylic acids is 3. The van der Waals surface area contributed by atoms with Gasteiger partial charge in [0.15, 0.2) is 0 Å². The summed E-state index contributed by atoms with van der Waals surface area (Å²) in [5.74, 6) is -0.143.